The van der Waals surface area contributed by atoms with Crippen LogP contribution in [0.3, 0.4) is 0 Å². The highest BCUT2D eigenvalue weighted by Crippen LogP contribution is 2.25. The molecule has 0 saturated carbocycles. The second kappa shape index (κ2) is 8.88. The van der Waals surface area contributed by atoms with E-state index in [9.17, 15) is 0 Å². The second-order valence-electron chi connectivity index (χ2n) is 9.49. The Labute approximate surface area is 189 Å². The molecule has 1 atom stereocenters. The molecule has 2 aromatic heterocycles. The minimum absolute atomic E-state index is 0.00118. The molecule has 1 fully saturated rings. The van der Waals surface area contributed by atoms with E-state index in [2.05, 4.69) is 94.0 Å². The van der Waals surface area contributed by atoms with E-state index in [1.165, 1.54) is 41.5 Å². The van der Waals surface area contributed by atoms with Crippen LogP contribution in [0.15, 0.2) is 67.4 Å². The highest BCUT2D eigenvalue weighted by molar-refractivity contribution is 5.85. The molecule has 1 saturated heterocycles. The predicted molar refractivity (Wildman–Crippen MR) is 129 cm³/mol. The minimum atomic E-state index is 0.00118. The summed E-state index contributed by atoms with van der Waals surface area (Å²) in [6, 6.07) is 17.2. The van der Waals surface area contributed by atoms with Crippen molar-refractivity contribution in [2.45, 2.75) is 32.2 Å². The fourth-order valence-corrected chi connectivity index (χ4v) is 4.79. The lowest BCUT2D eigenvalue weighted by Crippen LogP contribution is -2.40. The first kappa shape index (κ1) is 20.9. The van der Waals surface area contributed by atoms with Gasteiger partial charge in [-0.1, -0.05) is 30.3 Å². The molecule has 1 aliphatic heterocycles. The summed E-state index contributed by atoms with van der Waals surface area (Å²) >= 11 is 0. The van der Waals surface area contributed by atoms with Crippen LogP contribution in [0.1, 0.15) is 31.4 Å². The smallest absolute Gasteiger partial charge is 0.123 e. The maximum atomic E-state index is 3.93. The van der Waals surface area contributed by atoms with E-state index in [4.69, 9.17) is 0 Å². The zero-order valence-corrected chi connectivity index (χ0v) is 19.0. The number of rotatable bonds is 8. The molecule has 32 heavy (non-hydrogen) atoms. The van der Waals surface area contributed by atoms with Gasteiger partial charge in [0.2, 0.25) is 0 Å². The Morgan fingerprint density at radius 3 is 2.72 bits per heavy atom. The van der Waals surface area contributed by atoms with Crippen molar-refractivity contribution >= 4 is 10.9 Å². The van der Waals surface area contributed by atoms with E-state index in [0.717, 1.165) is 25.2 Å². The Morgan fingerprint density at radius 2 is 1.91 bits per heavy atom. The first-order chi connectivity index (χ1) is 15.6. The fourth-order valence-electron chi connectivity index (χ4n) is 4.79. The van der Waals surface area contributed by atoms with Crippen molar-refractivity contribution in [3.05, 3.63) is 78.5 Å². The van der Waals surface area contributed by atoms with E-state index in [1.54, 1.807) is 12.7 Å². The van der Waals surface area contributed by atoms with E-state index in [0.29, 0.717) is 5.92 Å². The van der Waals surface area contributed by atoms with Crippen molar-refractivity contribution in [1.82, 2.24) is 30.0 Å². The second-order valence-corrected chi connectivity index (χ2v) is 9.49. The van der Waals surface area contributed by atoms with E-state index in [-0.39, 0.29) is 5.54 Å². The Hall–Kier alpha value is -2.96. The van der Waals surface area contributed by atoms with Gasteiger partial charge in [-0.3, -0.25) is 4.57 Å². The van der Waals surface area contributed by atoms with E-state index in [1.807, 2.05) is 4.57 Å². The lowest BCUT2D eigenvalue weighted by Gasteiger charge is -2.29. The van der Waals surface area contributed by atoms with Crippen LogP contribution in [-0.2, 0) is 12.0 Å². The Bertz CT molecular complexity index is 1150. The lowest BCUT2D eigenvalue weighted by atomic mass is 9.93. The number of hydrogen-bond donors (Lipinski definition) is 2. The first-order valence-corrected chi connectivity index (χ1v) is 11.6. The molecule has 5 rings (SSSR count). The van der Waals surface area contributed by atoms with Crippen molar-refractivity contribution in [3.8, 4) is 5.69 Å². The highest BCUT2D eigenvalue weighted by Gasteiger charge is 2.26. The SMILES string of the molecule is CC(C)(NC[C@@H]1CCN(CCc2c[nH]c3ccc(-n4cnnc4)cc23)C1)c1ccccc1. The molecule has 4 aromatic rings. The van der Waals surface area contributed by atoms with Crippen LogP contribution in [0.25, 0.3) is 16.6 Å². The molecular formula is C26H32N6. The maximum Gasteiger partial charge on any atom is 0.123 e. The van der Waals surface area contributed by atoms with Crippen LogP contribution in [0.4, 0.5) is 0 Å². The highest BCUT2D eigenvalue weighted by atomic mass is 15.2. The van der Waals surface area contributed by atoms with E-state index >= 15 is 0 Å². The largest absolute Gasteiger partial charge is 0.361 e. The van der Waals surface area contributed by atoms with Gasteiger partial charge in [-0.2, -0.15) is 0 Å². The summed E-state index contributed by atoms with van der Waals surface area (Å²) in [7, 11) is 0. The van der Waals surface area contributed by atoms with Gasteiger partial charge in [-0.05, 0) is 68.5 Å². The molecule has 0 unspecified atom stereocenters. The van der Waals surface area contributed by atoms with Crippen molar-refractivity contribution in [3.63, 3.8) is 0 Å². The Kier molecular flexibility index (Phi) is 5.81. The third-order valence-corrected chi connectivity index (χ3v) is 6.86. The molecule has 6 nitrogen and oxygen atoms in total. The molecule has 2 N–H and O–H groups in total. The van der Waals surface area contributed by atoms with E-state index < -0.39 is 0 Å². The average molecular weight is 429 g/mol. The van der Waals surface area contributed by atoms with Crippen molar-refractivity contribution in [1.29, 1.82) is 0 Å². The van der Waals surface area contributed by atoms with Crippen LogP contribution in [0.2, 0.25) is 0 Å². The third-order valence-electron chi connectivity index (χ3n) is 6.86. The van der Waals surface area contributed by atoms with Crippen molar-refractivity contribution in [2.75, 3.05) is 26.2 Å². The number of fused-ring (bicyclic) bond motifs is 1. The van der Waals surface area contributed by atoms with Gasteiger partial charge >= 0.3 is 0 Å². The van der Waals surface area contributed by atoms with Gasteiger partial charge in [-0.15, -0.1) is 10.2 Å². The number of nitrogens with zero attached hydrogens (tertiary/aromatic N) is 4. The topological polar surface area (TPSA) is 61.8 Å². The number of aromatic amines is 1. The molecule has 0 bridgehead atoms. The molecule has 3 heterocycles. The number of likely N-dealkylation sites (tertiary alicyclic amines) is 1. The molecule has 0 aliphatic carbocycles. The number of H-pyrrole nitrogens is 1. The third kappa shape index (κ3) is 4.47. The van der Waals surface area contributed by atoms with Gasteiger partial charge < -0.3 is 15.2 Å². The van der Waals surface area contributed by atoms with Crippen LogP contribution in [0, 0.1) is 5.92 Å². The summed E-state index contributed by atoms with van der Waals surface area (Å²) < 4.78 is 1.95. The van der Waals surface area contributed by atoms with Gasteiger partial charge in [0, 0.05) is 48.0 Å². The Morgan fingerprint density at radius 1 is 1.09 bits per heavy atom. The summed E-state index contributed by atoms with van der Waals surface area (Å²) in [5, 5.41) is 12.9. The van der Waals surface area contributed by atoms with Crippen LogP contribution in [-0.4, -0.2) is 50.8 Å². The molecule has 6 heteroatoms. The number of aromatic nitrogens is 4. The van der Waals surface area contributed by atoms with Gasteiger partial charge in [-0.25, -0.2) is 0 Å². The van der Waals surface area contributed by atoms with Crippen LogP contribution in [0.5, 0.6) is 0 Å². The summed E-state index contributed by atoms with van der Waals surface area (Å²) in [4.78, 5) is 6.04. The Balaban J connectivity index is 1.16. The predicted octanol–water partition coefficient (Wildman–Crippen LogP) is 4.14. The first-order valence-electron chi connectivity index (χ1n) is 11.6. The van der Waals surface area contributed by atoms with Crippen LogP contribution >= 0.6 is 0 Å². The normalized spacial score (nSPS) is 17.4. The standard InChI is InChI=1S/C26H32N6/c1-26(2,22-6-4-3-5-7-22)28-15-20-10-12-31(17-20)13-11-21-16-27-25-9-8-23(14-24(21)25)32-18-29-30-19-32/h3-9,14,16,18-20,27-28H,10-13,15,17H2,1-2H3/t20-/m0/s1. The van der Waals surface area contributed by atoms with Gasteiger partial charge in [0.05, 0.1) is 0 Å². The monoisotopic (exact) mass is 428 g/mol. The van der Waals surface area contributed by atoms with Gasteiger partial charge in [0.25, 0.3) is 0 Å². The van der Waals surface area contributed by atoms with Gasteiger partial charge in [0.15, 0.2) is 0 Å². The summed E-state index contributed by atoms with van der Waals surface area (Å²) in [5.41, 5.74) is 5.00. The number of hydrogen-bond acceptors (Lipinski definition) is 4. The quantitative estimate of drug-likeness (QED) is 0.443. The summed E-state index contributed by atoms with van der Waals surface area (Å²) in [6.07, 6.45) is 7.97. The summed E-state index contributed by atoms with van der Waals surface area (Å²) in [6.45, 7) is 9.08. The van der Waals surface area contributed by atoms with Crippen LogP contribution < -0.4 is 5.32 Å². The zero-order valence-electron chi connectivity index (χ0n) is 19.0. The molecule has 0 amide bonds. The molecule has 0 spiro atoms. The van der Waals surface area contributed by atoms with Crippen molar-refractivity contribution < 1.29 is 0 Å². The zero-order chi connectivity index (χ0) is 22.0. The summed E-state index contributed by atoms with van der Waals surface area (Å²) in [5.74, 6) is 0.710. The number of benzene rings is 2. The van der Waals surface area contributed by atoms with Gasteiger partial charge in [0.1, 0.15) is 12.7 Å². The minimum Gasteiger partial charge on any atom is -0.361 e. The lowest BCUT2D eigenvalue weighted by molar-refractivity contribution is 0.311. The molecule has 1 aliphatic rings. The molecular weight excluding hydrogens is 396 g/mol. The average Bonchev–Trinajstić information content (AvgIpc) is 3.58. The molecule has 166 valence electrons. The molecule has 0 radical (unpaired) electrons. The maximum absolute atomic E-state index is 3.93. The van der Waals surface area contributed by atoms with Crippen molar-refractivity contribution in [2.24, 2.45) is 5.92 Å². The molecule has 2 aromatic carbocycles. The fraction of sp³-hybridized carbons (Fsp3) is 0.385. The number of nitrogens with one attached hydrogen (secondary N) is 2.